The molecule has 1 atom stereocenters. The van der Waals surface area contributed by atoms with E-state index >= 15 is 0 Å². The van der Waals surface area contributed by atoms with Crippen molar-refractivity contribution in [1.82, 2.24) is 24.9 Å². The Morgan fingerprint density at radius 2 is 2.11 bits per heavy atom. The molecule has 0 spiro atoms. The molecule has 2 aromatic heterocycles. The van der Waals surface area contributed by atoms with E-state index in [1.807, 2.05) is 22.6 Å². The van der Waals surface area contributed by atoms with E-state index in [0.29, 0.717) is 0 Å². The molecular weight excluding hydrogens is 238 g/mol. The lowest BCUT2D eigenvalue weighted by molar-refractivity contribution is 0.540. The van der Waals surface area contributed by atoms with Crippen molar-refractivity contribution in [2.75, 3.05) is 6.54 Å². The fourth-order valence-corrected chi connectivity index (χ4v) is 2.50. The molecule has 0 bridgehead atoms. The highest BCUT2D eigenvalue weighted by atomic mass is 15.3. The van der Waals surface area contributed by atoms with Gasteiger partial charge in [-0.2, -0.15) is 10.2 Å². The SMILES string of the molecule is CCNC(c1cn(C)nc1CC)c1ccnn1CC. The van der Waals surface area contributed by atoms with Crippen LogP contribution in [-0.2, 0) is 20.0 Å². The number of aryl methyl sites for hydroxylation is 3. The predicted octanol–water partition coefficient (Wildman–Crippen LogP) is 1.90. The molecule has 0 aliphatic heterocycles. The number of nitrogens with one attached hydrogen (secondary N) is 1. The number of nitrogens with zero attached hydrogens (tertiary/aromatic N) is 4. The lowest BCUT2D eigenvalue weighted by Crippen LogP contribution is -2.25. The molecule has 0 amide bonds. The van der Waals surface area contributed by atoms with Gasteiger partial charge in [0.1, 0.15) is 0 Å². The Morgan fingerprint density at radius 1 is 1.32 bits per heavy atom. The van der Waals surface area contributed by atoms with E-state index in [2.05, 4.69) is 48.5 Å². The number of hydrogen-bond acceptors (Lipinski definition) is 3. The van der Waals surface area contributed by atoms with Crippen LogP contribution in [0.5, 0.6) is 0 Å². The average Bonchev–Trinajstić information content (AvgIpc) is 3.01. The molecule has 0 saturated heterocycles. The Morgan fingerprint density at radius 3 is 2.74 bits per heavy atom. The van der Waals surface area contributed by atoms with E-state index in [1.54, 1.807) is 0 Å². The minimum Gasteiger partial charge on any atom is -0.305 e. The molecule has 2 rings (SSSR count). The summed E-state index contributed by atoms with van der Waals surface area (Å²) < 4.78 is 3.94. The van der Waals surface area contributed by atoms with Gasteiger partial charge in [0.25, 0.3) is 0 Å². The predicted molar refractivity (Wildman–Crippen MR) is 76.0 cm³/mol. The van der Waals surface area contributed by atoms with Crippen LogP contribution in [0.25, 0.3) is 0 Å². The van der Waals surface area contributed by atoms with Gasteiger partial charge in [-0.25, -0.2) is 0 Å². The molecule has 5 nitrogen and oxygen atoms in total. The van der Waals surface area contributed by atoms with E-state index < -0.39 is 0 Å². The summed E-state index contributed by atoms with van der Waals surface area (Å²) in [5.41, 5.74) is 3.60. The first-order valence-electron chi connectivity index (χ1n) is 6.98. The molecule has 5 heteroatoms. The first kappa shape index (κ1) is 13.8. The molecule has 0 radical (unpaired) electrons. The minimum absolute atomic E-state index is 0.163. The van der Waals surface area contributed by atoms with Crippen LogP contribution < -0.4 is 5.32 Å². The summed E-state index contributed by atoms with van der Waals surface area (Å²) in [4.78, 5) is 0. The first-order valence-corrected chi connectivity index (χ1v) is 6.98. The topological polar surface area (TPSA) is 47.7 Å². The van der Waals surface area contributed by atoms with Gasteiger partial charge < -0.3 is 5.32 Å². The normalized spacial score (nSPS) is 12.8. The van der Waals surface area contributed by atoms with Gasteiger partial charge >= 0.3 is 0 Å². The van der Waals surface area contributed by atoms with Gasteiger partial charge in [-0.05, 0) is 26.0 Å². The Balaban J connectivity index is 2.44. The summed E-state index contributed by atoms with van der Waals surface area (Å²) in [7, 11) is 1.97. The van der Waals surface area contributed by atoms with Crippen molar-refractivity contribution < 1.29 is 0 Å². The third kappa shape index (κ3) is 2.71. The highest BCUT2D eigenvalue weighted by Gasteiger charge is 2.21. The second-order valence-corrected chi connectivity index (χ2v) is 4.62. The molecule has 0 aliphatic carbocycles. The summed E-state index contributed by atoms with van der Waals surface area (Å²) in [6.07, 6.45) is 4.92. The van der Waals surface area contributed by atoms with Crippen LogP contribution in [0.15, 0.2) is 18.5 Å². The molecule has 1 unspecified atom stereocenters. The Hall–Kier alpha value is -1.62. The van der Waals surface area contributed by atoms with Gasteiger partial charge in [-0.3, -0.25) is 9.36 Å². The Labute approximate surface area is 114 Å². The van der Waals surface area contributed by atoms with Crippen molar-refractivity contribution >= 4 is 0 Å². The average molecular weight is 261 g/mol. The van der Waals surface area contributed by atoms with Crippen molar-refractivity contribution in [3.05, 3.63) is 35.4 Å². The van der Waals surface area contributed by atoms with Crippen molar-refractivity contribution in [1.29, 1.82) is 0 Å². The number of rotatable bonds is 6. The van der Waals surface area contributed by atoms with Crippen LogP contribution in [0.2, 0.25) is 0 Å². The largest absolute Gasteiger partial charge is 0.305 e. The van der Waals surface area contributed by atoms with Crippen molar-refractivity contribution in [2.45, 2.75) is 39.8 Å². The summed E-state index contributed by atoms with van der Waals surface area (Å²) in [5, 5.41) is 12.5. The van der Waals surface area contributed by atoms with Crippen LogP contribution in [-0.4, -0.2) is 26.1 Å². The van der Waals surface area contributed by atoms with E-state index in [4.69, 9.17) is 0 Å². The molecule has 2 aromatic rings. The number of hydrogen-bond donors (Lipinski definition) is 1. The molecule has 0 aromatic carbocycles. The molecule has 104 valence electrons. The zero-order chi connectivity index (χ0) is 13.8. The summed E-state index contributed by atoms with van der Waals surface area (Å²) in [5.74, 6) is 0. The summed E-state index contributed by atoms with van der Waals surface area (Å²) in [6.45, 7) is 8.18. The van der Waals surface area contributed by atoms with E-state index in [0.717, 1.165) is 25.2 Å². The molecule has 1 N–H and O–H groups in total. The van der Waals surface area contributed by atoms with Gasteiger partial charge in [0, 0.05) is 31.5 Å². The monoisotopic (exact) mass is 261 g/mol. The highest BCUT2D eigenvalue weighted by Crippen LogP contribution is 2.24. The maximum atomic E-state index is 4.54. The molecule has 0 aliphatic rings. The Kier molecular flexibility index (Phi) is 4.37. The maximum Gasteiger partial charge on any atom is 0.0781 e. The summed E-state index contributed by atoms with van der Waals surface area (Å²) in [6, 6.07) is 2.25. The van der Waals surface area contributed by atoms with Crippen LogP contribution >= 0.6 is 0 Å². The van der Waals surface area contributed by atoms with Gasteiger partial charge in [-0.1, -0.05) is 13.8 Å². The second kappa shape index (κ2) is 6.02. The Bertz CT molecular complexity index is 526. The van der Waals surface area contributed by atoms with Crippen LogP contribution in [0, 0.1) is 0 Å². The molecular formula is C14H23N5. The van der Waals surface area contributed by atoms with Crippen LogP contribution in [0.3, 0.4) is 0 Å². The van der Waals surface area contributed by atoms with E-state index in [9.17, 15) is 0 Å². The van der Waals surface area contributed by atoms with Crippen LogP contribution in [0.1, 0.15) is 43.8 Å². The zero-order valence-corrected chi connectivity index (χ0v) is 12.2. The molecule has 2 heterocycles. The third-order valence-electron chi connectivity index (χ3n) is 3.34. The fraction of sp³-hybridized carbons (Fsp3) is 0.571. The smallest absolute Gasteiger partial charge is 0.0781 e. The van der Waals surface area contributed by atoms with E-state index in [1.165, 1.54) is 11.3 Å². The lowest BCUT2D eigenvalue weighted by atomic mass is 10.0. The molecule has 19 heavy (non-hydrogen) atoms. The fourth-order valence-electron chi connectivity index (χ4n) is 2.50. The highest BCUT2D eigenvalue weighted by molar-refractivity contribution is 5.29. The number of aromatic nitrogens is 4. The van der Waals surface area contributed by atoms with Crippen molar-refractivity contribution in [3.63, 3.8) is 0 Å². The van der Waals surface area contributed by atoms with Gasteiger partial charge in [-0.15, -0.1) is 0 Å². The third-order valence-corrected chi connectivity index (χ3v) is 3.34. The van der Waals surface area contributed by atoms with Crippen LogP contribution in [0.4, 0.5) is 0 Å². The first-order chi connectivity index (χ1) is 9.21. The second-order valence-electron chi connectivity index (χ2n) is 4.62. The lowest BCUT2D eigenvalue weighted by Gasteiger charge is -2.19. The zero-order valence-electron chi connectivity index (χ0n) is 12.2. The van der Waals surface area contributed by atoms with Crippen molar-refractivity contribution in [2.24, 2.45) is 7.05 Å². The van der Waals surface area contributed by atoms with Crippen molar-refractivity contribution in [3.8, 4) is 0 Å². The van der Waals surface area contributed by atoms with Gasteiger partial charge in [0.05, 0.1) is 17.4 Å². The maximum absolute atomic E-state index is 4.54. The molecule has 0 fully saturated rings. The minimum atomic E-state index is 0.163. The quantitative estimate of drug-likeness (QED) is 0.864. The molecule has 0 saturated carbocycles. The summed E-state index contributed by atoms with van der Waals surface area (Å²) >= 11 is 0. The van der Waals surface area contributed by atoms with Gasteiger partial charge in [0.15, 0.2) is 0 Å². The van der Waals surface area contributed by atoms with E-state index in [-0.39, 0.29) is 6.04 Å². The van der Waals surface area contributed by atoms with Gasteiger partial charge in [0.2, 0.25) is 0 Å². The standard InChI is InChI=1S/C14H23N5/c1-5-12-11(10-18(4)17-12)14(15-6-2)13-8-9-16-19(13)7-3/h8-10,14-15H,5-7H2,1-4H3.